The van der Waals surface area contributed by atoms with Crippen LogP contribution >= 0.6 is 0 Å². The van der Waals surface area contributed by atoms with E-state index in [2.05, 4.69) is 29.6 Å². The highest BCUT2D eigenvalue weighted by Crippen LogP contribution is 2.27. The van der Waals surface area contributed by atoms with Gasteiger partial charge in [-0.2, -0.15) is 0 Å². The van der Waals surface area contributed by atoms with Gasteiger partial charge < -0.3 is 10.1 Å². The van der Waals surface area contributed by atoms with Crippen LogP contribution in [-0.4, -0.2) is 12.6 Å². The molecule has 1 heterocycles. The van der Waals surface area contributed by atoms with Crippen molar-refractivity contribution in [3.05, 3.63) is 35.4 Å². The Morgan fingerprint density at radius 3 is 2.76 bits per heavy atom. The summed E-state index contributed by atoms with van der Waals surface area (Å²) in [5.74, 6) is 0. The lowest BCUT2D eigenvalue weighted by Crippen LogP contribution is -2.38. The summed E-state index contributed by atoms with van der Waals surface area (Å²) < 4.78 is 5.69. The predicted octanol–water partition coefficient (Wildman–Crippen LogP) is 3.18. The standard InChI is InChI=1S/C15H21NO/c1-2-7-13(8-3-1)16-15-11-17-10-12-6-4-5-9-14(12)15/h4-6,9,13,15-16H,1-3,7-8,10-11H2. The molecular formula is C15H21NO. The predicted molar refractivity (Wildman–Crippen MR) is 68.8 cm³/mol. The maximum absolute atomic E-state index is 5.69. The van der Waals surface area contributed by atoms with Gasteiger partial charge in [0.05, 0.1) is 19.3 Å². The Balaban J connectivity index is 1.71. The van der Waals surface area contributed by atoms with Crippen molar-refractivity contribution in [2.45, 2.75) is 50.8 Å². The summed E-state index contributed by atoms with van der Waals surface area (Å²) in [5.41, 5.74) is 2.80. The molecule has 0 radical (unpaired) electrons. The molecule has 1 aromatic rings. The lowest BCUT2D eigenvalue weighted by atomic mass is 9.92. The van der Waals surface area contributed by atoms with E-state index in [0.717, 1.165) is 13.2 Å². The van der Waals surface area contributed by atoms with Gasteiger partial charge in [0.2, 0.25) is 0 Å². The van der Waals surface area contributed by atoms with Crippen molar-refractivity contribution < 1.29 is 4.74 Å². The van der Waals surface area contributed by atoms with Gasteiger partial charge in [-0.15, -0.1) is 0 Å². The topological polar surface area (TPSA) is 21.3 Å². The Labute approximate surface area is 103 Å². The summed E-state index contributed by atoms with van der Waals surface area (Å²) in [5, 5.41) is 3.79. The number of hydrogen-bond acceptors (Lipinski definition) is 2. The zero-order valence-corrected chi connectivity index (χ0v) is 10.3. The Kier molecular flexibility index (Phi) is 3.44. The molecule has 17 heavy (non-hydrogen) atoms. The Hall–Kier alpha value is -0.860. The molecule has 1 fully saturated rings. The summed E-state index contributed by atoms with van der Waals surface area (Å²) in [6.07, 6.45) is 6.84. The van der Waals surface area contributed by atoms with Crippen molar-refractivity contribution >= 4 is 0 Å². The Morgan fingerprint density at radius 2 is 1.88 bits per heavy atom. The van der Waals surface area contributed by atoms with Crippen molar-refractivity contribution in [1.82, 2.24) is 5.32 Å². The fourth-order valence-electron chi connectivity index (χ4n) is 3.07. The van der Waals surface area contributed by atoms with Crippen molar-refractivity contribution in [1.29, 1.82) is 0 Å². The molecule has 0 bridgehead atoms. The second kappa shape index (κ2) is 5.19. The summed E-state index contributed by atoms with van der Waals surface area (Å²) in [6, 6.07) is 9.78. The molecular weight excluding hydrogens is 210 g/mol. The van der Waals surface area contributed by atoms with Gasteiger partial charge in [0.15, 0.2) is 0 Å². The quantitative estimate of drug-likeness (QED) is 0.844. The van der Waals surface area contributed by atoms with Crippen LogP contribution in [0.3, 0.4) is 0 Å². The SMILES string of the molecule is c1ccc2c(c1)COCC2NC1CCCCC1. The van der Waals surface area contributed by atoms with Crippen molar-refractivity contribution in [3.63, 3.8) is 0 Å². The summed E-state index contributed by atoms with van der Waals surface area (Å²) >= 11 is 0. The first-order chi connectivity index (χ1) is 8.43. The van der Waals surface area contributed by atoms with Gasteiger partial charge in [-0.25, -0.2) is 0 Å². The first-order valence-electron chi connectivity index (χ1n) is 6.85. The molecule has 0 spiro atoms. The maximum Gasteiger partial charge on any atom is 0.0721 e. The number of benzene rings is 1. The van der Waals surface area contributed by atoms with Crippen LogP contribution in [0.25, 0.3) is 0 Å². The smallest absolute Gasteiger partial charge is 0.0721 e. The zero-order valence-electron chi connectivity index (χ0n) is 10.3. The molecule has 0 saturated heterocycles. The molecule has 0 amide bonds. The minimum Gasteiger partial charge on any atom is -0.375 e. The van der Waals surface area contributed by atoms with Crippen LogP contribution in [0.15, 0.2) is 24.3 Å². The third-order valence-electron chi connectivity index (χ3n) is 4.01. The van der Waals surface area contributed by atoms with Crippen LogP contribution in [0, 0.1) is 0 Å². The summed E-state index contributed by atoms with van der Waals surface area (Å²) in [6.45, 7) is 1.60. The second-order valence-corrected chi connectivity index (χ2v) is 5.27. The van der Waals surface area contributed by atoms with Crippen LogP contribution in [0.5, 0.6) is 0 Å². The highest BCUT2D eigenvalue weighted by Gasteiger charge is 2.23. The lowest BCUT2D eigenvalue weighted by Gasteiger charge is -2.32. The largest absolute Gasteiger partial charge is 0.375 e. The molecule has 1 aromatic carbocycles. The van der Waals surface area contributed by atoms with E-state index in [1.807, 2.05) is 0 Å². The second-order valence-electron chi connectivity index (χ2n) is 5.27. The highest BCUT2D eigenvalue weighted by molar-refractivity contribution is 5.31. The highest BCUT2D eigenvalue weighted by atomic mass is 16.5. The summed E-state index contributed by atoms with van der Waals surface area (Å²) in [4.78, 5) is 0. The number of ether oxygens (including phenoxy) is 1. The third-order valence-corrected chi connectivity index (χ3v) is 4.01. The zero-order chi connectivity index (χ0) is 11.5. The normalized spacial score (nSPS) is 25.5. The van der Waals surface area contributed by atoms with Crippen molar-refractivity contribution in [3.8, 4) is 0 Å². The molecule has 2 nitrogen and oxygen atoms in total. The van der Waals surface area contributed by atoms with Crippen LogP contribution in [0.2, 0.25) is 0 Å². The van der Waals surface area contributed by atoms with Crippen LogP contribution in [0.1, 0.15) is 49.3 Å². The van der Waals surface area contributed by atoms with Crippen LogP contribution in [0.4, 0.5) is 0 Å². The van der Waals surface area contributed by atoms with Crippen molar-refractivity contribution in [2.24, 2.45) is 0 Å². The molecule has 1 aliphatic heterocycles. The van der Waals surface area contributed by atoms with Gasteiger partial charge in [0, 0.05) is 6.04 Å². The Morgan fingerprint density at radius 1 is 1.06 bits per heavy atom. The van der Waals surface area contributed by atoms with E-state index >= 15 is 0 Å². The molecule has 1 N–H and O–H groups in total. The molecule has 0 aromatic heterocycles. The number of hydrogen-bond donors (Lipinski definition) is 1. The van der Waals surface area contributed by atoms with Crippen LogP contribution < -0.4 is 5.32 Å². The van der Waals surface area contributed by atoms with Gasteiger partial charge in [0.1, 0.15) is 0 Å². The van der Waals surface area contributed by atoms with Gasteiger partial charge in [0.25, 0.3) is 0 Å². The average Bonchev–Trinajstić information content (AvgIpc) is 2.40. The number of nitrogens with one attached hydrogen (secondary N) is 1. The minimum atomic E-state index is 0.406. The van der Waals surface area contributed by atoms with E-state index in [1.165, 1.54) is 43.2 Å². The molecule has 2 heteroatoms. The van der Waals surface area contributed by atoms with E-state index in [0.29, 0.717) is 12.1 Å². The van der Waals surface area contributed by atoms with Gasteiger partial charge in [-0.3, -0.25) is 0 Å². The van der Waals surface area contributed by atoms with E-state index in [4.69, 9.17) is 4.74 Å². The molecule has 1 unspecified atom stereocenters. The molecule has 1 saturated carbocycles. The molecule has 2 aliphatic rings. The first-order valence-corrected chi connectivity index (χ1v) is 6.85. The van der Waals surface area contributed by atoms with Gasteiger partial charge in [-0.1, -0.05) is 43.5 Å². The molecule has 3 rings (SSSR count). The summed E-state index contributed by atoms with van der Waals surface area (Å²) in [7, 11) is 0. The molecule has 92 valence electrons. The van der Waals surface area contributed by atoms with E-state index in [9.17, 15) is 0 Å². The third kappa shape index (κ3) is 2.53. The van der Waals surface area contributed by atoms with Crippen LogP contribution in [-0.2, 0) is 11.3 Å². The van der Waals surface area contributed by atoms with Crippen molar-refractivity contribution in [2.75, 3.05) is 6.61 Å². The number of rotatable bonds is 2. The average molecular weight is 231 g/mol. The minimum absolute atomic E-state index is 0.406. The molecule has 1 atom stereocenters. The van der Waals surface area contributed by atoms with E-state index < -0.39 is 0 Å². The van der Waals surface area contributed by atoms with Gasteiger partial charge in [-0.05, 0) is 24.0 Å². The lowest BCUT2D eigenvalue weighted by molar-refractivity contribution is 0.0764. The number of fused-ring (bicyclic) bond motifs is 1. The fraction of sp³-hybridized carbons (Fsp3) is 0.600. The molecule has 1 aliphatic carbocycles. The Bertz CT molecular complexity index is 371. The maximum atomic E-state index is 5.69. The van der Waals surface area contributed by atoms with Gasteiger partial charge >= 0.3 is 0 Å². The first kappa shape index (κ1) is 11.2. The van der Waals surface area contributed by atoms with E-state index in [-0.39, 0.29) is 0 Å². The monoisotopic (exact) mass is 231 g/mol. The fourth-order valence-corrected chi connectivity index (χ4v) is 3.07. The van der Waals surface area contributed by atoms with E-state index in [1.54, 1.807) is 0 Å².